The van der Waals surface area contributed by atoms with Crippen LogP contribution in [0.15, 0.2) is 12.3 Å². The number of hydrogen-bond donors (Lipinski definition) is 1. The Kier molecular flexibility index (Phi) is 4.09. The summed E-state index contributed by atoms with van der Waals surface area (Å²) in [5.41, 5.74) is -1.13. The molecule has 5 heteroatoms. The quantitative estimate of drug-likeness (QED) is 0.710. The van der Waals surface area contributed by atoms with Crippen LogP contribution in [0.1, 0.15) is 60.3 Å². The van der Waals surface area contributed by atoms with Gasteiger partial charge in [0, 0.05) is 12.8 Å². The molecule has 0 aromatic carbocycles. The molecular formula is C22H32O5. The van der Waals surface area contributed by atoms with E-state index in [1.807, 2.05) is 6.92 Å². The number of esters is 2. The number of ether oxygens (including phenoxy) is 2. The summed E-state index contributed by atoms with van der Waals surface area (Å²) in [4.78, 5) is 24.6. The van der Waals surface area contributed by atoms with Gasteiger partial charge in [0.05, 0.1) is 12.4 Å². The van der Waals surface area contributed by atoms with Gasteiger partial charge in [0.2, 0.25) is 0 Å². The fourth-order valence-electron chi connectivity index (χ4n) is 7.77. The van der Waals surface area contributed by atoms with Crippen LogP contribution >= 0.6 is 0 Å². The Balaban J connectivity index is 1.83. The zero-order valence-corrected chi connectivity index (χ0v) is 17.0. The molecule has 3 saturated carbocycles. The Hall–Kier alpha value is -1.36. The van der Waals surface area contributed by atoms with Gasteiger partial charge in [-0.25, -0.2) is 0 Å². The van der Waals surface area contributed by atoms with E-state index in [2.05, 4.69) is 20.8 Å². The van der Waals surface area contributed by atoms with E-state index >= 15 is 0 Å². The van der Waals surface area contributed by atoms with Gasteiger partial charge in [0.15, 0.2) is 0 Å². The maximum atomic E-state index is 12.7. The molecule has 1 spiro atoms. The molecule has 0 aromatic rings. The van der Waals surface area contributed by atoms with E-state index in [-0.39, 0.29) is 52.5 Å². The average molecular weight is 376 g/mol. The van der Waals surface area contributed by atoms with Gasteiger partial charge in [-0.05, 0) is 53.9 Å². The van der Waals surface area contributed by atoms with Crippen molar-refractivity contribution in [2.45, 2.75) is 72.5 Å². The third kappa shape index (κ3) is 2.33. The first-order chi connectivity index (χ1) is 12.6. The lowest BCUT2D eigenvalue weighted by atomic mass is 9.45. The van der Waals surface area contributed by atoms with E-state index in [1.54, 1.807) is 6.08 Å². The van der Waals surface area contributed by atoms with Crippen LogP contribution in [0.5, 0.6) is 0 Å². The maximum absolute atomic E-state index is 12.7. The smallest absolute Gasteiger partial charge is 0.323 e. The minimum Gasteiger partial charge on any atom is -0.462 e. The van der Waals surface area contributed by atoms with E-state index in [1.165, 1.54) is 13.2 Å². The summed E-state index contributed by atoms with van der Waals surface area (Å²) in [6.07, 6.45) is 6.14. The molecule has 3 fully saturated rings. The van der Waals surface area contributed by atoms with Crippen LogP contribution in [0.4, 0.5) is 0 Å². The molecule has 1 heterocycles. The largest absolute Gasteiger partial charge is 0.462 e. The lowest BCUT2D eigenvalue weighted by Crippen LogP contribution is -2.59. The normalized spacial score (nSPS) is 50.2. The predicted octanol–water partition coefficient (Wildman–Crippen LogP) is 3.45. The van der Waals surface area contributed by atoms with Crippen LogP contribution in [0.2, 0.25) is 0 Å². The fraction of sp³-hybridized carbons (Fsp3) is 0.818. The summed E-state index contributed by atoms with van der Waals surface area (Å²) in [5.74, 6) is -0.347. The van der Waals surface area contributed by atoms with Crippen LogP contribution in [-0.4, -0.2) is 29.3 Å². The Morgan fingerprint density at radius 2 is 2.00 bits per heavy atom. The average Bonchev–Trinajstić information content (AvgIpc) is 3.02. The molecule has 0 aromatic heterocycles. The number of cyclic esters (lactones) is 1. The van der Waals surface area contributed by atoms with Crippen molar-refractivity contribution in [3.05, 3.63) is 12.3 Å². The SMILES string of the molecule is CC(=O)O[C@H]1C[C@@H]2[C@H]([C@H](O)[C@]3(C=COC3=O)[C@@H]2C)[C@@]2(C)CCCC(C)(C)[C@H]12. The van der Waals surface area contributed by atoms with E-state index in [9.17, 15) is 14.7 Å². The Bertz CT molecular complexity index is 697. The lowest BCUT2D eigenvalue weighted by molar-refractivity contribution is -0.195. The van der Waals surface area contributed by atoms with E-state index in [0.717, 1.165) is 19.3 Å². The topological polar surface area (TPSA) is 72.8 Å². The molecule has 3 aliphatic carbocycles. The van der Waals surface area contributed by atoms with Crippen LogP contribution in [-0.2, 0) is 19.1 Å². The van der Waals surface area contributed by atoms with Crippen LogP contribution in [0.25, 0.3) is 0 Å². The maximum Gasteiger partial charge on any atom is 0.323 e. The monoisotopic (exact) mass is 376 g/mol. The van der Waals surface area contributed by atoms with Crippen LogP contribution in [0, 0.1) is 39.9 Å². The number of fused-ring (bicyclic) bond motifs is 3. The van der Waals surface area contributed by atoms with Crippen molar-refractivity contribution in [3.63, 3.8) is 0 Å². The summed E-state index contributed by atoms with van der Waals surface area (Å²) < 4.78 is 11.1. The standard InChI is InChI=1S/C22H32O5/c1-12-14-11-15(27-13(2)23)17-20(3,4)7-6-8-21(17,5)16(14)18(24)22(12)9-10-26-19(22)25/h9-10,12,14-18,24H,6-8,11H2,1-5H3/t12-,14+,15+,16-,17+,18+,21-,22+/m1/s1. The summed E-state index contributed by atoms with van der Waals surface area (Å²) in [6.45, 7) is 10.3. The highest BCUT2D eigenvalue weighted by molar-refractivity contribution is 5.84. The zero-order valence-electron chi connectivity index (χ0n) is 17.0. The first-order valence-electron chi connectivity index (χ1n) is 10.3. The lowest BCUT2D eigenvalue weighted by Gasteiger charge is -2.61. The molecule has 0 saturated heterocycles. The predicted molar refractivity (Wildman–Crippen MR) is 99.2 cm³/mol. The molecule has 1 aliphatic heterocycles. The van der Waals surface area contributed by atoms with Gasteiger partial charge < -0.3 is 14.6 Å². The zero-order chi connectivity index (χ0) is 19.8. The molecule has 0 bridgehead atoms. The highest BCUT2D eigenvalue weighted by Gasteiger charge is 2.71. The van der Waals surface area contributed by atoms with Gasteiger partial charge in [0.25, 0.3) is 0 Å². The van der Waals surface area contributed by atoms with Gasteiger partial charge >= 0.3 is 11.9 Å². The van der Waals surface area contributed by atoms with Crippen molar-refractivity contribution in [2.24, 2.45) is 39.9 Å². The molecule has 27 heavy (non-hydrogen) atoms. The van der Waals surface area contributed by atoms with Gasteiger partial charge in [-0.15, -0.1) is 0 Å². The first kappa shape index (κ1) is 19.0. The van der Waals surface area contributed by atoms with Gasteiger partial charge in [-0.1, -0.05) is 34.1 Å². The molecular weight excluding hydrogens is 344 g/mol. The molecule has 5 nitrogen and oxygen atoms in total. The summed E-state index contributed by atoms with van der Waals surface area (Å²) in [7, 11) is 0. The first-order valence-corrected chi connectivity index (χ1v) is 10.3. The van der Waals surface area contributed by atoms with Crippen molar-refractivity contribution in [1.82, 2.24) is 0 Å². The van der Waals surface area contributed by atoms with Gasteiger partial charge in [-0.3, -0.25) is 9.59 Å². The highest BCUT2D eigenvalue weighted by Crippen LogP contribution is 2.69. The molecule has 1 N–H and O–H groups in total. The highest BCUT2D eigenvalue weighted by atomic mass is 16.5. The number of aliphatic hydroxyl groups excluding tert-OH is 1. The molecule has 0 unspecified atom stereocenters. The van der Waals surface area contributed by atoms with Crippen molar-refractivity contribution < 1.29 is 24.2 Å². The third-order valence-corrected chi connectivity index (χ3v) is 8.60. The second-order valence-corrected chi connectivity index (χ2v) is 10.3. The second kappa shape index (κ2) is 5.82. The van der Waals surface area contributed by atoms with Crippen LogP contribution in [0.3, 0.4) is 0 Å². The number of carbonyl (C=O) groups excluding carboxylic acids is 2. The Morgan fingerprint density at radius 3 is 2.59 bits per heavy atom. The number of hydrogen-bond acceptors (Lipinski definition) is 5. The van der Waals surface area contributed by atoms with E-state index < -0.39 is 11.5 Å². The molecule has 4 aliphatic rings. The second-order valence-electron chi connectivity index (χ2n) is 10.3. The van der Waals surface area contributed by atoms with Crippen molar-refractivity contribution in [1.29, 1.82) is 0 Å². The van der Waals surface area contributed by atoms with E-state index in [0.29, 0.717) is 6.42 Å². The van der Waals surface area contributed by atoms with E-state index in [4.69, 9.17) is 9.47 Å². The van der Waals surface area contributed by atoms with Gasteiger partial charge in [-0.2, -0.15) is 0 Å². The summed E-state index contributed by atoms with van der Waals surface area (Å²) in [5, 5.41) is 11.5. The minimum atomic E-state index is -0.963. The molecule has 150 valence electrons. The molecule has 0 amide bonds. The fourth-order valence-corrected chi connectivity index (χ4v) is 7.77. The Labute approximate surface area is 161 Å². The van der Waals surface area contributed by atoms with Gasteiger partial charge in [0.1, 0.15) is 11.5 Å². The summed E-state index contributed by atoms with van der Waals surface area (Å²) >= 11 is 0. The molecule has 8 atom stereocenters. The van der Waals surface area contributed by atoms with Crippen LogP contribution < -0.4 is 0 Å². The number of rotatable bonds is 1. The Morgan fingerprint density at radius 1 is 1.30 bits per heavy atom. The van der Waals surface area contributed by atoms with Crippen molar-refractivity contribution in [3.8, 4) is 0 Å². The number of aliphatic hydroxyl groups is 1. The molecule has 0 radical (unpaired) electrons. The number of carbonyl (C=O) groups is 2. The van der Waals surface area contributed by atoms with Crippen molar-refractivity contribution in [2.75, 3.05) is 0 Å². The summed E-state index contributed by atoms with van der Waals surface area (Å²) in [6, 6.07) is 0. The van der Waals surface area contributed by atoms with Crippen molar-refractivity contribution >= 4 is 11.9 Å². The minimum absolute atomic E-state index is 0.000756. The third-order valence-electron chi connectivity index (χ3n) is 8.60. The molecule has 4 rings (SSSR count).